The molecule has 0 aliphatic heterocycles. The van der Waals surface area contributed by atoms with Crippen LogP contribution in [-0.4, -0.2) is 29.9 Å². The van der Waals surface area contributed by atoms with Gasteiger partial charge in [-0.25, -0.2) is 0 Å². The molecule has 2 N–H and O–H groups in total. The fraction of sp³-hybridized carbons (Fsp3) is 0.933. The fourth-order valence-electron chi connectivity index (χ4n) is 3.63. The first-order valence-electron chi connectivity index (χ1n) is 7.56. The molecule has 0 atom stereocenters. The van der Waals surface area contributed by atoms with Crippen LogP contribution in [0.5, 0.6) is 0 Å². The Morgan fingerprint density at radius 1 is 1.11 bits per heavy atom. The first-order valence-corrected chi connectivity index (χ1v) is 7.56. The molecule has 2 saturated carbocycles. The molecule has 0 aromatic rings. The molecule has 2 aliphatic rings. The molecule has 0 unspecified atom stereocenters. The van der Waals surface area contributed by atoms with Crippen molar-refractivity contribution >= 4 is 5.91 Å². The number of hydrogen-bond donors (Lipinski definition) is 1. The molecule has 0 aromatic carbocycles. The zero-order chi connectivity index (χ0) is 13.2. The summed E-state index contributed by atoms with van der Waals surface area (Å²) in [6.07, 6.45) is 10.2. The second-order valence-electron chi connectivity index (χ2n) is 6.61. The molecule has 18 heavy (non-hydrogen) atoms. The molecule has 104 valence electrons. The van der Waals surface area contributed by atoms with Crippen molar-refractivity contribution in [2.24, 2.45) is 11.1 Å². The zero-order valence-corrected chi connectivity index (χ0v) is 12.0. The van der Waals surface area contributed by atoms with Crippen molar-refractivity contribution in [2.75, 3.05) is 7.05 Å². The Labute approximate surface area is 111 Å². The van der Waals surface area contributed by atoms with Gasteiger partial charge in [0.15, 0.2) is 0 Å². The van der Waals surface area contributed by atoms with Gasteiger partial charge in [-0.3, -0.25) is 4.79 Å². The lowest BCUT2D eigenvalue weighted by Gasteiger charge is -2.40. The van der Waals surface area contributed by atoms with Gasteiger partial charge in [0, 0.05) is 24.5 Å². The smallest absolute Gasteiger partial charge is 0.228 e. The van der Waals surface area contributed by atoms with Crippen molar-refractivity contribution in [3.8, 4) is 0 Å². The maximum absolute atomic E-state index is 12.7. The summed E-state index contributed by atoms with van der Waals surface area (Å²) in [4.78, 5) is 14.7. The number of nitrogens with two attached hydrogens (primary N) is 1. The van der Waals surface area contributed by atoms with Crippen LogP contribution in [-0.2, 0) is 4.79 Å². The summed E-state index contributed by atoms with van der Waals surface area (Å²) in [6.45, 7) is 2.17. The van der Waals surface area contributed by atoms with Crippen molar-refractivity contribution in [1.82, 2.24) is 4.90 Å². The van der Waals surface area contributed by atoms with Crippen LogP contribution < -0.4 is 5.73 Å². The van der Waals surface area contributed by atoms with Gasteiger partial charge in [0.25, 0.3) is 0 Å². The summed E-state index contributed by atoms with van der Waals surface area (Å²) in [5.41, 5.74) is 5.85. The second kappa shape index (κ2) is 5.60. The number of hydrogen-bond acceptors (Lipinski definition) is 2. The van der Waals surface area contributed by atoms with E-state index < -0.39 is 0 Å². The molecule has 2 fully saturated rings. The lowest BCUT2D eigenvalue weighted by Crippen LogP contribution is -2.48. The van der Waals surface area contributed by atoms with Crippen molar-refractivity contribution < 1.29 is 4.79 Å². The normalized spacial score (nSPS) is 31.9. The zero-order valence-electron chi connectivity index (χ0n) is 12.0. The van der Waals surface area contributed by atoms with Crippen LogP contribution >= 0.6 is 0 Å². The van der Waals surface area contributed by atoms with E-state index in [1.165, 1.54) is 19.3 Å². The fourth-order valence-corrected chi connectivity index (χ4v) is 3.63. The summed E-state index contributed by atoms with van der Waals surface area (Å²) in [5, 5.41) is 0. The quantitative estimate of drug-likeness (QED) is 0.821. The Kier molecular flexibility index (Phi) is 4.31. The molecule has 0 heterocycles. The van der Waals surface area contributed by atoms with Crippen LogP contribution in [0, 0.1) is 5.41 Å². The Bertz CT molecular complexity index is 289. The Morgan fingerprint density at radius 2 is 1.67 bits per heavy atom. The van der Waals surface area contributed by atoms with E-state index in [9.17, 15) is 4.79 Å². The lowest BCUT2D eigenvalue weighted by molar-refractivity contribution is -0.144. The standard InChI is InChI=1S/C15H28N2O/c1-15(10-4-3-5-11-15)14(18)17(2)13-8-6-12(16)7-9-13/h12-13H,3-11,16H2,1-2H3. The highest BCUT2D eigenvalue weighted by atomic mass is 16.2. The highest BCUT2D eigenvalue weighted by Crippen LogP contribution is 2.38. The number of carbonyl (C=O) groups is 1. The number of amides is 1. The maximum atomic E-state index is 12.7. The highest BCUT2D eigenvalue weighted by molar-refractivity contribution is 5.82. The summed E-state index contributed by atoms with van der Waals surface area (Å²) in [7, 11) is 2.00. The van der Waals surface area contributed by atoms with Crippen molar-refractivity contribution in [3.63, 3.8) is 0 Å². The Balaban J connectivity index is 1.95. The van der Waals surface area contributed by atoms with E-state index in [0.29, 0.717) is 18.0 Å². The van der Waals surface area contributed by atoms with E-state index >= 15 is 0 Å². The molecule has 0 spiro atoms. The summed E-state index contributed by atoms with van der Waals surface area (Å²) in [5.74, 6) is 0.377. The lowest BCUT2D eigenvalue weighted by atomic mass is 9.74. The van der Waals surface area contributed by atoms with Gasteiger partial charge in [0.2, 0.25) is 5.91 Å². The average Bonchev–Trinajstić information content (AvgIpc) is 2.39. The van der Waals surface area contributed by atoms with E-state index in [2.05, 4.69) is 6.92 Å². The second-order valence-corrected chi connectivity index (χ2v) is 6.61. The number of nitrogens with zero attached hydrogens (tertiary/aromatic N) is 1. The van der Waals surface area contributed by atoms with Gasteiger partial charge >= 0.3 is 0 Å². The third kappa shape index (κ3) is 2.87. The van der Waals surface area contributed by atoms with Gasteiger partial charge in [-0.1, -0.05) is 26.2 Å². The largest absolute Gasteiger partial charge is 0.342 e. The average molecular weight is 252 g/mol. The minimum atomic E-state index is -0.0907. The van der Waals surface area contributed by atoms with Crippen LogP contribution in [0.25, 0.3) is 0 Å². The van der Waals surface area contributed by atoms with Crippen LogP contribution in [0.15, 0.2) is 0 Å². The van der Waals surface area contributed by atoms with Crippen molar-refractivity contribution in [2.45, 2.75) is 76.8 Å². The molecule has 2 aliphatic carbocycles. The number of rotatable bonds is 2. The summed E-state index contributed by atoms with van der Waals surface area (Å²) < 4.78 is 0. The van der Waals surface area contributed by atoms with Crippen molar-refractivity contribution in [3.05, 3.63) is 0 Å². The van der Waals surface area contributed by atoms with E-state index in [-0.39, 0.29) is 5.41 Å². The molecule has 3 heteroatoms. The third-order valence-electron chi connectivity index (χ3n) is 5.08. The molecule has 0 radical (unpaired) electrons. The molecular formula is C15H28N2O. The predicted molar refractivity (Wildman–Crippen MR) is 74.2 cm³/mol. The summed E-state index contributed by atoms with van der Waals surface area (Å²) >= 11 is 0. The molecule has 1 amide bonds. The van der Waals surface area contributed by atoms with Crippen LogP contribution in [0.2, 0.25) is 0 Å². The van der Waals surface area contributed by atoms with Gasteiger partial charge in [0.1, 0.15) is 0 Å². The highest BCUT2D eigenvalue weighted by Gasteiger charge is 2.38. The summed E-state index contributed by atoms with van der Waals surface area (Å²) in [6, 6.07) is 0.783. The first-order chi connectivity index (χ1) is 8.53. The van der Waals surface area contributed by atoms with Gasteiger partial charge in [-0.05, 0) is 38.5 Å². The molecule has 2 rings (SSSR count). The van der Waals surface area contributed by atoms with Gasteiger partial charge in [0.05, 0.1) is 0 Å². The van der Waals surface area contributed by atoms with E-state index in [0.717, 1.165) is 38.5 Å². The Morgan fingerprint density at radius 3 is 2.22 bits per heavy atom. The van der Waals surface area contributed by atoms with E-state index in [1.807, 2.05) is 11.9 Å². The third-order valence-corrected chi connectivity index (χ3v) is 5.08. The van der Waals surface area contributed by atoms with Crippen LogP contribution in [0.4, 0.5) is 0 Å². The van der Waals surface area contributed by atoms with Gasteiger partial charge < -0.3 is 10.6 Å². The predicted octanol–water partition coefficient (Wildman–Crippen LogP) is 2.69. The van der Waals surface area contributed by atoms with Crippen molar-refractivity contribution in [1.29, 1.82) is 0 Å². The van der Waals surface area contributed by atoms with Gasteiger partial charge in [-0.15, -0.1) is 0 Å². The topological polar surface area (TPSA) is 46.3 Å². The van der Waals surface area contributed by atoms with E-state index in [1.54, 1.807) is 0 Å². The minimum Gasteiger partial charge on any atom is -0.342 e. The Hall–Kier alpha value is -0.570. The number of carbonyl (C=O) groups excluding carboxylic acids is 1. The minimum absolute atomic E-state index is 0.0907. The molecule has 0 aromatic heterocycles. The molecule has 0 bridgehead atoms. The van der Waals surface area contributed by atoms with E-state index in [4.69, 9.17) is 5.73 Å². The van der Waals surface area contributed by atoms with Gasteiger partial charge in [-0.2, -0.15) is 0 Å². The van der Waals surface area contributed by atoms with Crippen LogP contribution in [0.1, 0.15) is 64.7 Å². The maximum Gasteiger partial charge on any atom is 0.228 e. The van der Waals surface area contributed by atoms with Crippen LogP contribution in [0.3, 0.4) is 0 Å². The molecular weight excluding hydrogens is 224 g/mol. The SMILES string of the molecule is CN(C(=O)C1(C)CCCCC1)C1CCC(N)CC1. The molecule has 0 saturated heterocycles. The first kappa shape index (κ1) is 13.9. The monoisotopic (exact) mass is 252 g/mol. The molecule has 3 nitrogen and oxygen atoms in total.